The fourth-order valence-electron chi connectivity index (χ4n) is 6.70. The largest absolute Gasteiger partial charge is 0.480 e. The lowest BCUT2D eigenvalue weighted by Gasteiger charge is -2.30. The maximum Gasteiger partial charge on any atom is 0.326 e. The Morgan fingerprint density at radius 3 is 1.50 bits per heavy atom. The van der Waals surface area contributed by atoms with Crippen molar-refractivity contribution in [2.24, 2.45) is 29.2 Å². The van der Waals surface area contributed by atoms with Crippen molar-refractivity contribution in [3.05, 3.63) is 35.9 Å². The van der Waals surface area contributed by atoms with Crippen LogP contribution in [0.3, 0.4) is 0 Å². The van der Waals surface area contributed by atoms with Gasteiger partial charge in [-0.2, -0.15) is 11.8 Å². The fourth-order valence-corrected chi connectivity index (χ4v) is 7.17. The number of aliphatic carboxylic acids is 1. The van der Waals surface area contributed by atoms with Crippen LogP contribution in [0.2, 0.25) is 0 Å². The van der Waals surface area contributed by atoms with E-state index in [2.05, 4.69) is 42.5 Å². The lowest BCUT2D eigenvalue weighted by atomic mass is 9.95. The minimum Gasteiger partial charge on any atom is -0.480 e. The van der Waals surface area contributed by atoms with Crippen LogP contribution in [0.4, 0.5) is 0 Å². The van der Waals surface area contributed by atoms with Gasteiger partial charge in [-0.3, -0.25) is 38.4 Å². The van der Waals surface area contributed by atoms with Gasteiger partial charge in [0.15, 0.2) is 0 Å². The molecule has 21 nitrogen and oxygen atoms in total. The van der Waals surface area contributed by atoms with E-state index < -0.39 is 132 Å². The van der Waals surface area contributed by atoms with Gasteiger partial charge in [0.2, 0.25) is 47.3 Å². The fraction of sp³-hybridized carbons (Fsp3) is 0.674. The third kappa shape index (κ3) is 20.9. The highest BCUT2D eigenvalue weighted by molar-refractivity contribution is 7.98. The summed E-state index contributed by atoms with van der Waals surface area (Å²) in [5, 5.41) is 40.0. The van der Waals surface area contributed by atoms with Crippen molar-refractivity contribution in [1.29, 1.82) is 0 Å². The predicted octanol–water partition coefficient (Wildman–Crippen LogP) is -0.818. The second-order valence-corrected chi connectivity index (χ2v) is 18.5. The standard InChI is InChI=1S/C46H78N10O11S/c1-10-26(5)36(44(64)53-34(23-30-17-13-12-14-18-30)43(63)56-37(27(6)11-2)45(65)54-35(25(3)4)46(66)67)55-42(62)32(19-15-16-21-47)51-39(59)29(8)49-38(58)28(7)50-41(61)33(20-22-68-9)52-40(60)31(48)24-57/h12-14,17-18,25-29,31-37,57H,10-11,15-16,19-24,47-48H2,1-9H3,(H,49,58)(H,50,61)(H,51,59)(H,52,60)(H,53,64)(H,54,65)(H,55,62)(H,56,63)(H,66,67)/t26-,27-,28-,29-,31-,32-,33-,34-,35-,36-,37-/m0/s1. The Labute approximate surface area is 404 Å². The van der Waals surface area contributed by atoms with Gasteiger partial charge in [-0.25, -0.2) is 4.79 Å². The lowest BCUT2D eigenvalue weighted by molar-refractivity contribution is -0.144. The van der Waals surface area contributed by atoms with Crippen LogP contribution in [0, 0.1) is 17.8 Å². The molecule has 0 saturated carbocycles. The summed E-state index contributed by atoms with van der Waals surface area (Å²) in [7, 11) is 0. The highest BCUT2D eigenvalue weighted by Gasteiger charge is 2.36. The van der Waals surface area contributed by atoms with Crippen molar-refractivity contribution >= 4 is 65.0 Å². The van der Waals surface area contributed by atoms with Crippen LogP contribution in [-0.4, -0.2) is 143 Å². The zero-order chi connectivity index (χ0) is 51.7. The molecule has 0 aliphatic rings. The van der Waals surface area contributed by atoms with E-state index in [1.165, 1.54) is 25.6 Å². The number of aliphatic hydroxyl groups is 1. The number of carbonyl (C=O) groups excluding carboxylic acids is 8. The van der Waals surface area contributed by atoms with Crippen molar-refractivity contribution in [3.63, 3.8) is 0 Å². The molecule has 8 amide bonds. The summed E-state index contributed by atoms with van der Waals surface area (Å²) in [6.07, 6.45) is 3.89. The quantitative estimate of drug-likeness (QED) is 0.0393. The van der Waals surface area contributed by atoms with E-state index in [4.69, 9.17) is 11.5 Å². The normalized spacial score (nSPS) is 16.1. The summed E-state index contributed by atoms with van der Waals surface area (Å²) in [6.45, 7) is 12.8. The van der Waals surface area contributed by atoms with E-state index >= 15 is 0 Å². The van der Waals surface area contributed by atoms with Crippen molar-refractivity contribution in [2.45, 2.75) is 155 Å². The molecule has 22 heteroatoms. The van der Waals surface area contributed by atoms with Gasteiger partial charge in [0, 0.05) is 6.42 Å². The van der Waals surface area contributed by atoms with Crippen LogP contribution in [0.25, 0.3) is 0 Å². The molecule has 0 fully saturated rings. The minimum absolute atomic E-state index is 0.00362. The van der Waals surface area contributed by atoms with E-state index in [-0.39, 0.29) is 19.3 Å². The van der Waals surface area contributed by atoms with Crippen LogP contribution in [0.5, 0.6) is 0 Å². The Morgan fingerprint density at radius 2 is 1.01 bits per heavy atom. The summed E-state index contributed by atoms with van der Waals surface area (Å²) in [6, 6.07) is -1.90. The zero-order valence-electron chi connectivity index (χ0n) is 41.0. The molecule has 0 unspecified atom stereocenters. The van der Waals surface area contributed by atoms with Crippen LogP contribution >= 0.6 is 11.8 Å². The number of carbonyl (C=O) groups is 9. The molecule has 0 aliphatic heterocycles. The third-order valence-electron chi connectivity index (χ3n) is 11.6. The molecule has 1 aromatic carbocycles. The summed E-state index contributed by atoms with van der Waals surface area (Å²) in [5.74, 6) is -7.88. The number of nitrogens with one attached hydrogen (secondary N) is 8. The number of hydrogen-bond acceptors (Lipinski definition) is 13. The summed E-state index contributed by atoms with van der Waals surface area (Å²) < 4.78 is 0. The first-order valence-electron chi connectivity index (χ1n) is 23.3. The minimum atomic E-state index is -1.26. The Kier molecular flexibility index (Phi) is 28.3. The number of carboxylic acids is 1. The highest BCUT2D eigenvalue weighted by Crippen LogP contribution is 2.15. The van der Waals surface area contributed by atoms with Gasteiger partial charge in [0.1, 0.15) is 54.4 Å². The Balaban J connectivity index is 3.34. The summed E-state index contributed by atoms with van der Waals surface area (Å²) in [4.78, 5) is 120. The van der Waals surface area contributed by atoms with Gasteiger partial charge in [-0.15, -0.1) is 0 Å². The Hall–Kier alpha value is -5.32. The number of carboxylic acid groups (broad SMARTS) is 1. The maximum atomic E-state index is 14.3. The first kappa shape index (κ1) is 60.7. The first-order valence-corrected chi connectivity index (χ1v) is 24.7. The molecule has 68 heavy (non-hydrogen) atoms. The Morgan fingerprint density at radius 1 is 0.574 bits per heavy atom. The van der Waals surface area contributed by atoms with Gasteiger partial charge in [-0.05, 0) is 81.4 Å². The number of thioether (sulfide) groups is 1. The van der Waals surface area contributed by atoms with Gasteiger partial charge in [0.05, 0.1) is 6.61 Å². The third-order valence-corrected chi connectivity index (χ3v) is 12.2. The first-order chi connectivity index (χ1) is 32.1. The van der Waals surface area contributed by atoms with Gasteiger partial charge < -0.3 is 64.2 Å². The molecule has 384 valence electrons. The second-order valence-electron chi connectivity index (χ2n) is 17.5. The maximum absolute atomic E-state index is 14.3. The number of hydrogen-bond donors (Lipinski definition) is 12. The van der Waals surface area contributed by atoms with Crippen molar-refractivity contribution in [3.8, 4) is 0 Å². The molecule has 0 spiro atoms. The van der Waals surface area contributed by atoms with Crippen LogP contribution in [0.15, 0.2) is 30.3 Å². The summed E-state index contributed by atoms with van der Waals surface area (Å²) in [5.41, 5.74) is 12.0. The molecule has 11 atom stereocenters. The second kappa shape index (κ2) is 31.7. The van der Waals surface area contributed by atoms with E-state index in [0.717, 1.165) is 0 Å². The molecule has 0 aliphatic carbocycles. The lowest BCUT2D eigenvalue weighted by Crippen LogP contribution is -2.61. The van der Waals surface area contributed by atoms with E-state index in [1.54, 1.807) is 58.0 Å². The molecular formula is C46H78N10O11S. The molecular weight excluding hydrogens is 901 g/mol. The number of nitrogens with two attached hydrogens (primary N) is 2. The number of amides is 8. The molecule has 0 aromatic heterocycles. The van der Waals surface area contributed by atoms with Crippen molar-refractivity contribution < 1.29 is 53.4 Å². The average molecular weight is 979 g/mol. The highest BCUT2D eigenvalue weighted by atomic mass is 32.2. The van der Waals surface area contributed by atoms with E-state index in [0.29, 0.717) is 43.5 Å². The van der Waals surface area contributed by atoms with Gasteiger partial charge in [0.25, 0.3) is 0 Å². The molecule has 1 rings (SSSR count). The van der Waals surface area contributed by atoms with Crippen LogP contribution < -0.4 is 54.0 Å². The molecule has 0 heterocycles. The van der Waals surface area contributed by atoms with Gasteiger partial charge >= 0.3 is 5.97 Å². The number of benzene rings is 1. The van der Waals surface area contributed by atoms with Crippen molar-refractivity contribution in [2.75, 3.05) is 25.2 Å². The SMILES string of the molecule is CC[C@H](C)[C@H](NC(=O)[C@H](CCCCN)NC(=O)[C@H](C)NC(=O)[C@H](C)NC(=O)[C@H](CCSC)NC(=O)[C@@H](N)CO)C(=O)N[C@@H](Cc1ccccc1)C(=O)N[C@H](C(=O)N[C@H](C(=O)O)C(C)C)[C@@H](C)CC. The Bertz CT molecular complexity index is 1810. The molecule has 0 radical (unpaired) electrons. The van der Waals surface area contributed by atoms with E-state index in [1.807, 2.05) is 20.1 Å². The topological polar surface area (TPSA) is 342 Å². The van der Waals surface area contributed by atoms with Crippen LogP contribution in [0.1, 0.15) is 99.5 Å². The number of aliphatic hydroxyl groups excluding tert-OH is 1. The monoisotopic (exact) mass is 979 g/mol. The molecule has 0 bridgehead atoms. The predicted molar refractivity (Wildman–Crippen MR) is 259 cm³/mol. The van der Waals surface area contributed by atoms with Crippen LogP contribution in [-0.2, 0) is 49.6 Å². The molecule has 1 aromatic rings. The smallest absolute Gasteiger partial charge is 0.326 e. The average Bonchev–Trinajstić information content (AvgIpc) is 3.30. The zero-order valence-corrected chi connectivity index (χ0v) is 41.8. The van der Waals surface area contributed by atoms with E-state index in [9.17, 15) is 53.4 Å². The molecule has 14 N–H and O–H groups in total. The molecule has 0 saturated heterocycles. The number of unbranched alkanes of at least 4 members (excludes halogenated alkanes) is 1. The van der Waals surface area contributed by atoms with Crippen molar-refractivity contribution in [1.82, 2.24) is 42.5 Å². The van der Waals surface area contributed by atoms with Gasteiger partial charge in [-0.1, -0.05) is 84.7 Å². The number of rotatable bonds is 32. The summed E-state index contributed by atoms with van der Waals surface area (Å²) >= 11 is 1.43.